The van der Waals surface area contributed by atoms with Crippen molar-refractivity contribution in [2.45, 2.75) is 59.5 Å². The summed E-state index contributed by atoms with van der Waals surface area (Å²) in [6.45, 7) is 10.3. The Morgan fingerprint density at radius 3 is 2.50 bits per heavy atom. The minimum Gasteiger partial charge on any atom is -0.446 e. The highest BCUT2D eigenvalue weighted by molar-refractivity contribution is 5.68. The Morgan fingerprint density at radius 1 is 1.19 bits per heavy atom. The molecule has 1 amide bonds. The van der Waals surface area contributed by atoms with Crippen molar-refractivity contribution in [1.82, 2.24) is 10.3 Å². The largest absolute Gasteiger partial charge is 0.446 e. The number of nitrogens with one attached hydrogen (secondary N) is 1. The van der Waals surface area contributed by atoms with Crippen molar-refractivity contribution < 1.29 is 18.7 Å². The van der Waals surface area contributed by atoms with E-state index in [-0.39, 0.29) is 12.0 Å². The molecule has 0 fully saturated rings. The summed E-state index contributed by atoms with van der Waals surface area (Å²) in [5, 5.41) is 2.83. The van der Waals surface area contributed by atoms with Gasteiger partial charge in [0.2, 0.25) is 5.89 Å². The van der Waals surface area contributed by atoms with Crippen LogP contribution >= 0.6 is 0 Å². The van der Waals surface area contributed by atoms with Gasteiger partial charge in [-0.3, -0.25) is 0 Å². The van der Waals surface area contributed by atoms with E-state index >= 15 is 0 Å². The molecule has 0 unspecified atom stereocenters. The molecule has 0 aliphatic heterocycles. The molecule has 0 spiro atoms. The molecule has 26 heavy (non-hydrogen) atoms. The quantitative estimate of drug-likeness (QED) is 0.780. The number of hydrogen-bond donors (Lipinski definition) is 1. The molecule has 0 radical (unpaired) electrons. The van der Waals surface area contributed by atoms with Gasteiger partial charge in [-0.2, -0.15) is 0 Å². The average Bonchev–Trinajstić information content (AvgIpc) is 3.00. The predicted octanol–water partition coefficient (Wildman–Crippen LogP) is 4.61. The normalized spacial score (nSPS) is 12.8. The molecule has 0 bridgehead atoms. The lowest BCUT2D eigenvalue weighted by Gasteiger charge is -2.24. The number of nitrogens with zero attached hydrogens (tertiary/aromatic N) is 1. The van der Waals surface area contributed by atoms with Gasteiger partial charge in [0.05, 0.1) is 13.2 Å². The molecule has 1 N–H and O–H groups in total. The molecular weight excluding hydrogens is 332 g/mol. The predicted molar refractivity (Wildman–Crippen MR) is 98.4 cm³/mol. The number of benzene rings is 1. The summed E-state index contributed by atoms with van der Waals surface area (Å²) >= 11 is 0. The van der Waals surface area contributed by atoms with Gasteiger partial charge in [-0.1, -0.05) is 44.2 Å². The van der Waals surface area contributed by atoms with Gasteiger partial charge in [0.15, 0.2) is 0 Å². The summed E-state index contributed by atoms with van der Waals surface area (Å²) in [7, 11) is 0. The third-order valence-electron chi connectivity index (χ3n) is 3.54. The van der Waals surface area contributed by atoms with Crippen LogP contribution in [0.2, 0.25) is 0 Å². The van der Waals surface area contributed by atoms with Crippen molar-refractivity contribution in [1.29, 1.82) is 0 Å². The molecule has 142 valence electrons. The number of oxazole rings is 1. The zero-order valence-electron chi connectivity index (χ0n) is 16.1. The first kappa shape index (κ1) is 20.0. The smallest absolute Gasteiger partial charge is 0.408 e. The maximum atomic E-state index is 12.1. The van der Waals surface area contributed by atoms with Crippen molar-refractivity contribution >= 4 is 6.09 Å². The monoisotopic (exact) mass is 360 g/mol. The van der Waals surface area contributed by atoms with Crippen LogP contribution in [0.1, 0.15) is 57.8 Å². The number of ether oxygens (including phenoxy) is 2. The number of carbonyl (C=O) groups is 1. The van der Waals surface area contributed by atoms with Gasteiger partial charge in [-0.05, 0) is 32.3 Å². The fourth-order valence-electron chi connectivity index (χ4n) is 2.33. The Kier molecular flexibility index (Phi) is 6.80. The van der Waals surface area contributed by atoms with E-state index in [9.17, 15) is 4.79 Å². The van der Waals surface area contributed by atoms with Gasteiger partial charge < -0.3 is 19.2 Å². The fraction of sp³-hybridized carbons (Fsp3) is 0.500. The maximum Gasteiger partial charge on any atom is 0.408 e. The summed E-state index contributed by atoms with van der Waals surface area (Å²) < 4.78 is 16.5. The van der Waals surface area contributed by atoms with Crippen LogP contribution in [0.4, 0.5) is 4.79 Å². The number of carbonyl (C=O) groups excluding carboxylic acids is 1. The molecule has 2 rings (SSSR count). The third-order valence-corrected chi connectivity index (χ3v) is 3.54. The SMILES string of the molecule is CC(C)[C@H](NC(=O)OC(C)(C)C)c1nc(COCc2ccccc2)co1. The fourth-order valence-corrected chi connectivity index (χ4v) is 2.33. The Balaban J connectivity index is 1.92. The van der Waals surface area contributed by atoms with E-state index in [1.807, 2.05) is 65.0 Å². The minimum absolute atomic E-state index is 0.0965. The first-order valence-electron chi connectivity index (χ1n) is 8.80. The van der Waals surface area contributed by atoms with Crippen molar-refractivity contribution in [3.8, 4) is 0 Å². The second-order valence-electron chi connectivity index (χ2n) is 7.52. The van der Waals surface area contributed by atoms with Gasteiger partial charge in [0, 0.05) is 0 Å². The van der Waals surface area contributed by atoms with Crippen LogP contribution in [-0.4, -0.2) is 16.7 Å². The van der Waals surface area contributed by atoms with Crippen LogP contribution < -0.4 is 5.32 Å². The molecule has 0 saturated carbocycles. The number of alkyl carbamates (subject to hydrolysis) is 1. The molecule has 6 nitrogen and oxygen atoms in total. The summed E-state index contributed by atoms with van der Waals surface area (Å²) in [5.74, 6) is 0.545. The van der Waals surface area contributed by atoms with Gasteiger partial charge in [-0.25, -0.2) is 9.78 Å². The summed E-state index contributed by atoms with van der Waals surface area (Å²) in [5.41, 5.74) is 1.23. The summed E-state index contributed by atoms with van der Waals surface area (Å²) in [4.78, 5) is 16.5. The van der Waals surface area contributed by atoms with Crippen molar-refractivity contribution in [2.24, 2.45) is 5.92 Å². The molecule has 1 heterocycles. The minimum atomic E-state index is -0.557. The standard InChI is InChI=1S/C20H28N2O4/c1-14(2)17(22-19(23)26-20(3,4)5)18-21-16(13-25-18)12-24-11-15-9-7-6-8-10-15/h6-10,13-14,17H,11-12H2,1-5H3,(H,22,23)/t17-/m0/s1. The lowest BCUT2D eigenvalue weighted by molar-refractivity contribution is 0.0479. The van der Waals surface area contributed by atoms with Gasteiger partial charge >= 0.3 is 6.09 Å². The van der Waals surface area contributed by atoms with E-state index in [0.717, 1.165) is 5.56 Å². The number of amides is 1. The molecule has 1 aromatic heterocycles. The van der Waals surface area contributed by atoms with Gasteiger partial charge in [-0.15, -0.1) is 0 Å². The molecule has 0 saturated heterocycles. The Morgan fingerprint density at radius 2 is 1.88 bits per heavy atom. The van der Waals surface area contributed by atoms with E-state index in [1.165, 1.54) is 0 Å². The van der Waals surface area contributed by atoms with Crippen molar-refractivity contribution in [3.05, 3.63) is 53.7 Å². The summed E-state index contributed by atoms with van der Waals surface area (Å²) in [6.07, 6.45) is 1.07. The molecule has 6 heteroatoms. The lowest BCUT2D eigenvalue weighted by atomic mass is 10.0. The van der Waals surface area contributed by atoms with Crippen LogP contribution in [-0.2, 0) is 22.7 Å². The lowest BCUT2D eigenvalue weighted by Crippen LogP contribution is -2.37. The van der Waals surface area contributed by atoms with Crippen LogP contribution in [0.3, 0.4) is 0 Å². The van der Waals surface area contributed by atoms with E-state index in [4.69, 9.17) is 13.9 Å². The van der Waals surface area contributed by atoms with Gasteiger partial charge in [0.25, 0.3) is 0 Å². The maximum absolute atomic E-state index is 12.1. The molecule has 0 aliphatic carbocycles. The highest BCUT2D eigenvalue weighted by Crippen LogP contribution is 2.22. The third kappa shape index (κ3) is 6.52. The Hall–Kier alpha value is -2.34. The topological polar surface area (TPSA) is 73.6 Å². The van der Waals surface area contributed by atoms with E-state index in [0.29, 0.717) is 24.8 Å². The first-order valence-corrected chi connectivity index (χ1v) is 8.80. The van der Waals surface area contributed by atoms with E-state index < -0.39 is 11.7 Å². The second kappa shape index (κ2) is 8.85. The second-order valence-corrected chi connectivity index (χ2v) is 7.52. The van der Waals surface area contributed by atoms with Crippen molar-refractivity contribution in [2.75, 3.05) is 0 Å². The van der Waals surface area contributed by atoms with Crippen LogP contribution in [0.25, 0.3) is 0 Å². The molecule has 1 atom stereocenters. The zero-order valence-corrected chi connectivity index (χ0v) is 16.1. The Labute approximate surface area is 154 Å². The van der Waals surface area contributed by atoms with Crippen molar-refractivity contribution in [3.63, 3.8) is 0 Å². The molecule has 1 aromatic carbocycles. The van der Waals surface area contributed by atoms with Crippen LogP contribution in [0, 0.1) is 5.92 Å². The zero-order chi connectivity index (χ0) is 19.2. The van der Waals surface area contributed by atoms with E-state index in [1.54, 1.807) is 6.26 Å². The molecule has 0 aliphatic rings. The first-order chi connectivity index (χ1) is 12.2. The Bertz CT molecular complexity index is 689. The highest BCUT2D eigenvalue weighted by Gasteiger charge is 2.26. The average molecular weight is 360 g/mol. The van der Waals surface area contributed by atoms with Crippen LogP contribution in [0.15, 0.2) is 41.0 Å². The summed E-state index contributed by atoms with van der Waals surface area (Å²) in [6, 6.07) is 9.57. The number of aromatic nitrogens is 1. The number of rotatable bonds is 7. The van der Waals surface area contributed by atoms with E-state index in [2.05, 4.69) is 10.3 Å². The molecule has 2 aromatic rings. The van der Waals surface area contributed by atoms with Crippen LogP contribution in [0.5, 0.6) is 0 Å². The number of hydrogen-bond acceptors (Lipinski definition) is 5. The highest BCUT2D eigenvalue weighted by atomic mass is 16.6. The van der Waals surface area contributed by atoms with Gasteiger partial charge in [0.1, 0.15) is 23.6 Å². The molecular formula is C20H28N2O4.